The number of phosphoric ester groups is 1. The molecule has 0 rings (SSSR count). The Morgan fingerprint density at radius 3 is 1.12 bits per heavy atom. The Hall–Kier alpha value is -2.08. The maximum absolute atomic E-state index is 12.2. The fourth-order valence-electron chi connectivity index (χ4n) is 0.975. The van der Waals surface area contributed by atoms with E-state index in [0.29, 0.717) is 0 Å². The van der Waals surface area contributed by atoms with E-state index in [-0.39, 0.29) is 0 Å². The second-order valence-corrected chi connectivity index (χ2v) is 6.39. The third-order valence-electron chi connectivity index (χ3n) is 1.89. The van der Waals surface area contributed by atoms with Gasteiger partial charge in [0.25, 0.3) is 0 Å². The Morgan fingerprint density at radius 1 is 0.692 bits per heavy atom. The Morgan fingerprint density at radius 2 is 0.923 bits per heavy atom. The molecule has 152 valence electrons. The van der Waals surface area contributed by atoms with Crippen LogP contribution in [0.1, 0.15) is 20.8 Å². The molecule has 0 heterocycles. The van der Waals surface area contributed by atoms with Gasteiger partial charge in [-0.05, 0) is 20.8 Å². The van der Waals surface area contributed by atoms with Crippen molar-refractivity contribution in [3.63, 3.8) is 0 Å². The monoisotopic (exact) mass is 404 g/mol. The average Bonchev–Trinajstić information content (AvgIpc) is 2.48. The SMILES string of the molecule is CC(O)COC(=O)OP(=O)(OC(=O)OCC(C)O)OC(=O)OCC(C)O. The van der Waals surface area contributed by atoms with Gasteiger partial charge in [-0.15, -0.1) is 0 Å². The zero-order valence-electron chi connectivity index (χ0n) is 14.2. The van der Waals surface area contributed by atoms with Gasteiger partial charge in [0.1, 0.15) is 19.8 Å². The Kier molecular flexibility index (Phi) is 10.6. The molecule has 3 N–H and O–H groups in total. The highest BCUT2D eigenvalue weighted by molar-refractivity contribution is 7.50. The molecule has 0 aliphatic carbocycles. The van der Waals surface area contributed by atoms with Crippen LogP contribution in [-0.4, -0.2) is 71.9 Å². The molecule has 0 saturated carbocycles. The number of aliphatic hydroxyl groups excluding tert-OH is 3. The van der Waals surface area contributed by atoms with Crippen molar-refractivity contribution in [1.82, 2.24) is 0 Å². The summed E-state index contributed by atoms with van der Waals surface area (Å²) in [7, 11) is -5.24. The van der Waals surface area contributed by atoms with Gasteiger partial charge in [-0.25, -0.2) is 14.4 Å². The van der Waals surface area contributed by atoms with E-state index in [1.54, 1.807) is 0 Å². The molecule has 14 heteroatoms. The third kappa shape index (κ3) is 12.3. The molecule has 0 aromatic rings. The summed E-state index contributed by atoms with van der Waals surface area (Å²) in [5.41, 5.74) is 0. The number of carbonyl (C=O) groups excluding carboxylic acids is 3. The molecule has 0 radical (unpaired) electrons. The summed E-state index contributed by atoms with van der Waals surface area (Å²) in [5.74, 6) is 0. The second-order valence-electron chi connectivity index (χ2n) is 4.95. The lowest BCUT2D eigenvalue weighted by Crippen LogP contribution is -2.21. The lowest BCUT2D eigenvalue weighted by molar-refractivity contribution is 0.0176. The summed E-state index contributed by atoms with van der Waals surface area (Å²) >= 11 is 0. The van der Waals surface area contributed by atoms with Crippen LogP contribution < -0.4 is 0 Å². The first-order valence-corrected chi connectivity index (χ1v) is 8.63. The van der Waals surface area contributed by atoms with Crippen molar-refractivity contribution in [3.8, 4) is 0 Å². The smallest absolute Gasteiger partial charge is 0.431 e. The van der Waals surface area contributed by atoms with E-state index in [4.69, 9.17) is 15.3 Å². The van der Waals surface area contributed by atoms with Gasteiger partial charge in [0.15, 0.2) is 0 Å². The number of ether oxygens (including phenoxy) is 3. The Balaban J connectivity index is 4.94. The van der Waals surface area contributed by atoms with E-state index in [2.05, 4.69) is 27.8 Å². The van der Waals surface area contributed by atoms with Crippen molar-refractivity contribution in [3.05, 3.63) is 0 Å². The predicted molar refractivity (Wildman–Crippen MR) is 79.9 cm³/mol. The molecular weight excluding hydrogens is 383 g/mol. The van der Waals surface area contributed by atoms with Crippen LogP contribution in [0.15, 0.2) is 0 Å². The number of phosphoric acid groups is 1. The van der Waals surface area contributed by atoms with Gasteiger partial charge < -0.3 is 43.1 Å². The van der Waals surface area contributed by atoms with Crippen LogP contribution in [0.5, 0.6) is 0 Å². The first kappa shape index (κ1) is 23.9. The number of rotatable bonds is 9. The van der Waals surface area contributed by atoms with Crippen LogP contribution in [-0.2, 0) is 32.3 Å². The van der Waals surface area contributed by atoms with Gasteiger partial charge in [-0.1, -0.05) is 0 Å². The fraction of sp³-hybridized carbons (Fsp3) is 0.750. The minimum Gasteiger partial charge on any atom is -0.431 e. The van der Waals surface area contributed by atoms with Crippen LogP contribution in [0.3, 0.4) is 0 Å². The van der Waals surface area contributed by atoms with Crippen molar-refractivity contribution >= 4 is 26.3 Å². The zero-order valence-corrected chi connectivity index (χ0v) is 15.1. The first-order valence-electron chi connectivity index (χ1n) is 7.16. The van der Waals surface area contributed by atoms with Gasteiger partial charge in [-0.2, -0.15) is 4.57 Å². The standard InChI is InChI=1S/C12H21O13P/c1-7(13)4-20-10(16)23-26(19,24-11(17)21-5-8(2)14)25-12(18)22-6-9(3)15/h7-9,13-15H,4-6H2,1-3H3. The molecule has 0 bridgehead atoms. The minimum atomic E-state index is -5.24. The first-order chi connectivity index (χ1) is 11.9. The summed E-state index contributed by atoms with van der Waals surface area (Å²) in [5, 5.41) is 26.9. The van der Waals surface area contributed by atoms with Gasteiger partial charge in [0.2, 0.25) is 0 Å². The van der Waals surface area contributed by atoms with Gasteiger partial charge in [0.05, 0.1) is 18.3 Å². The summed E-state index contributed by atoms with van der Waals surface area (Å²) in [6.45, 7) is 2.12. The molecule has 0 aromatic carbocycles. The van der Waals surface area contributed by atoms with Crippen molar-refractivity contribution in [2.75, 3.05) is 19.8 Å². The van der Waals surface area contributed by atoms with Crippen molar-refractivity contribution in [1.29, 1.82) is 0 Å². The van der Waals surface area contributed by atoms with Gasteiger partial charge in [0, 0.05) is 0 Å². The van der Waals surface area contributed by atoms with Crippen LogP contribution in [0, 0.1) is 0 Å². The quantitative estimate of drug-likeness (QED) is 0.277. The number of aliphatic hydroxyl groups is 3. The summed E-state index contributed by atoms with van der Waals surface area (Å²) < 4.78 is 37.7. The molecule has 0 spiro atoms. The maximum Gasteiger partial charge on any atom is 0.661 e. The predicted octanol–water partition coefficient (Wildman–Crippen LogP) is 0.697. The Labute approximate surface area is 148 Å². The molecule has 0 aromatic heterocycles. The highest BCUT2D eigenvalue weighted by Gasteiger charge is 2.42. The normalized spacial score (nSPS) is 16.2. The maximum atomic E-state index is 12.2. The molecule has 0 aliphatic heterocycles. The summed E-state index contributed by atoms with van der Waals surface area (Å²) in [4.78, 5) is 34.2. The van der Waals surface area contributed by atoms with Crippen molar-refractivity contribution in [2.24, 2.45) is 0 Å². The average molecular weight is 404 g/mol. The van der Waals surface area contributed by atoms with Crippen molar-refractivity contribution < 1.29 is 62.1 Å². The van der Waals surface area contributed by atoms with E-state index >= 15 is 0 Å². The third-order valence-corrected chi connectivity index (χ3v) is 3.00. The molecule has 0 fully saturated rings. The molecule has 3 unspecified atom stereocenters. The number of carbonyl (C=O) groups is 3. The number of hydrogen-bond donors (Lipinski definition) is 3. The number of hydrogen-bond acceptors (Lipinski definition) is 13. The lowest BCUT2D eigenvalue weighted by atomic mass is 10.5. The van der Waals surface area contributed by atoms with Crippen LogP contribution in [0.25, 0.3) is 0 Å². The molecule has 0 aliphatic rings. The highest BCUT2D eigenvalue weighted by atomic mass is 31.2. The highest BCUT2D eigenvalue weighted by Crippen LogP contribution is 2.50. The van der Waals surface area contributed by atoms with E-state index in [0.717, 1.165) is 0 Å². The second kappa shape index (κ2) is 11.5. The van der Waals surface area contributed by atoms with Crippen LogP contribution >= 0.6 is 7.82 Å². The van der Waals surface area contributed by atoms with E-state index < -0.39 is 64.4 Å². The minimum absolute atomic E-state index is 0.558. The topological polar surface area (TPSA) is 184 Å². The molecule has 3 atom stereocenters. The fourth-order valence-corrected chi connectivity index (χ4v) is 1.79. The largest absolute Gasteiger partial charge is 0.661 e. The lowest BCUT2D eigenvalue weighted by Gasteiger charge is -2.16. The van der Waals surface area contributed by atoms with E-state index in [1.165, 1.54) is 20.8 Å². The summed E-state index contributed by atoms with van der Waals surface area (Å²) in [6.07, 6.45) is -8.34. The molecular formula is C12H21O13P. The van der Waals surface area contributed by atoms with E-state index in [9.17, 15) is 18.9 Å². The van der Waals surface area contributed by atoms with Crippen LogP contribution in [0.4, 0.5) is 14.4 Å². The molecule has 0 amide bonds. The van der Waals surface area contributed by atoms with Crippen LogP contribution in [0.2, 0.25) is 0 Å². The zero-order chi connectivity index (χ0) is 20.3. The van der Waals surface area contributed by atoms with Crippen molar-refractivity contribution in [2.45, 2.75) is 39.1 Å². The molecule has 13 nitrogen and oxygen atoms in total. The van der Waals surface area contributed by atoms with E-state index in [1.807, 2.05) is 0 Å². The van der Waals surface area contributed by atoms with Gasteiger partial charge in [-0.3, -0.25) is 0 Å². The molecule has 26 heavy (non-hydrogen) atoms. The molecule has 0 saturated heterocycles. The van der Waals surface area contributed by atoms with Gasteiger partial charge >= 0.3 is 26.3 Å². The summed E-state index contributed by atoms with van der Waals surface area (Å²) in [6, 6.07) is 0. The Bertz CT molecular complexity index is 444.